The molecule has 182 valence electrons. The van der Waals surface area contributed by atoms with Crippen molar-refractivity contribution >= 4 is 11.8 Å². The quantitative estimate of drug-likeness (QED) is 0.501. The van der Waals surface area contributed by atoms with E-state index >= 15 is 0 Å². The first-order chi connectivity index (χ1) is 16.6. The van der Waals surface area contributed by atoms with E-state index in [1.54, 1.807) is 48.5 Å². The van der Waals surface area contributed by atoms with Crippen LogP contribution in [0.2, 0.25) is 0 Å². The molecule has 3 aromatic rings. The maximum Gasteiger partial charge on any atom is 0.437 e. The lowest BCUT2D eigenvalue weighted by Crippen LogP contribution is -2.73. The third kappa shape index (κ3) is 4.23. The summed E-state index contributed by atoms with van der Waals surface area (Å²) < 4.78 is 49.1. The molecule has 3 atom stereocenters. The Morgan fingerprint density at radius 3 is 2.09 bits per heavy atom. The van der Waals surface area contributed by atoms with Crippen molar-refractivity contribution < 1.29 is 32.6 Å². The zero-order chi connectivity index (χ0) is 25.4. The van der Waals surface area contributed by atoms with Crippen LogP contribution >= 0.6 is 0 Å². The summed E-state index contributed by atoms with van der Waals surface area (Å²) in [6.07, 6.45) is -5.32. The number of carbonyl (C=O) groups is 2. The van der Waals surface area contributed by atoms with Crippen LogP contribution in [0.15, 0.2) is 84.9 Å². The number of rotatable bonds is 5. The molecule has 3 unspecified atom stereocenters. The van der Waals surface area contributed by atoms with E-state index in [1.807, 2.05) is 0 Å². The molecule has 0 aromatic heterocycles. The Labute approximate surface area is 200 Å². The van der Waals surface area contributed by atoms with Gasteiger partial charge in [0.1, 0.15) is 17.4 Å². The molecule has 3 aromatic carbocycles. The molecule has 4 rings (SSSR count). The Morgan fingerprint density at radius 2 is 1.49 bits per heavy atom. The summed E-state index contributed by atoms with van der Waals surface area (Å²) in [5, 5.41) is 11.1. The number of alkyl halides is 3. The number of Topliss-reactive ketones (excluding diaryl/α,β-unsaturated/α-hetero) is 1. The number of halogens is 3. The molecule has 1 aliphatic rings. The largest absolute Gasteiger partial charge is 0.457 e. The predicted molar refractivity (Wildman–Crippen MR) is 122 cm³/mol. The molecule has 1 N–H and O–H groups in total. The molecule has 0 spiro atoms. The molecule has 0 aliphatic carbocycles. The van der Waals surface area contributed by atoms with Crippen molar-refractivity contribution in [2.45, 2.75) is 17.9 Å². The smallest absolute Gasteiger partial charge is 0.437 e. The molecular formula is C26H23F3N2O4. The molecule has 1 heterocycles. The van der Waals surface area contributed by atoms with E-state index in [9.17, 15) is 27.9 Å². The van der Waals surface area contributed by atoms with Crippen LogP contribution in [0.3, 0.4) is 0 Å². The van der Waals surface area contributed by atoms with Crippen molar-refractivity contribution in [1.29, 1.82) is 0 Å². The van der Waals surface area contributed by atoms with Gasteiger partial charge in [0.2, 0.25) is 0 Å². The topological polar surface area (TPSA) is 70.1 Å². The highest BCUT2D eigenvalue weighted by atomic mass is 19.4. The second-order valence-corrected chi connectivity index (χ2v) is 8.32. The second-order valence-electron chi connectivity index (χ2n) is 8.32. The second kappa shape index (κ2) is 9.07. The third-order valence-electron chi connectivity index (χ3n) is 6.20. The first kappa shape index (κ1) is 24.3. The Morgan fingerprint density at radius 1 is 0.914 bits per heavy atom. The van der Waals surface area contributed by atoms with Gasteiger partial charge in [-0.3, -0.25) is 9.69 Å². The van der Waals surface area contributed by atoms with Crippen LogP contribution in [-0.4, -0.2) is 52.7 Å². The number of ether oxygens (including phenoxy) is 1. The van der Waals surface area contributed by atoms with Crippen molar-refractivity contribution in [3.8, 4) is 11.5 Å². The van der Waals surface area contributed by atoms with Gasteiger partial charge in [0, 0.05) is 19.7 Å². The average Bonchev–Trinajstić information content (AvgIpc) is 2.85. The van der Waals surface area contributed by atoms with Gasteiger partial charge in [0.25, 0.3) is 5.72 Å². The monoisotopic (exact) mass is 484 g/mol. The Hall–Kier alpha value is -3.85. The van der Waals surface area contributed by atoms with Crippen molar-refractivity contribution in [3.05, 3.63) is 96.1 Å². The van der Waals surface area contributed by atoms with Gasteiger partial charge < -0.3 is 14.7 Å². The van der Waals surface area contributed by atoms with Gasteiger partial charge in [-0.15, -0.1) is 0 Å². The van der Waals surface area contributed by atoms with Crippen molar-refractivity contribution in [1.82, 2.24) is 9.80 Å². The number of benzene rings is 3. The fourth-order valence-electron chi connectivity index (χ4n) is 4.43. The summed E-state index contributed by atoms with van der Waals surface area (Å²) in [4.78, 5) is 27.7. The van der Waals surface area contributed by atoms with Gasteiger partial charge in [-0.1, -0.05) is 60.7 Å². The molecule has 0 radical (unpaired) electrons. The lowest BCUT2D eigenvalue weighted by atomic mass is 9.75. The van der Waals surface area contributed by atoms with Crippen molar-refractivity contribution in [3.63, 3.8) is 0 Å². The first-order valence-electron chi connectivity index (χ1n) is 10.8. The molecular weight excluding hydrogens is 461 g/mol. The molecule has 2 amide bonds. The molecule has 1 fully saturated rings. The highest BCUT2D eigenvalue weighted by Gasteiger charge is 2.70. The van der Waals surface area contributed by atoms with Gasteiger partial charge in [-0.2, -0.15) is 13.2 Å². The van der Waals surface area contributed by atoms with Gasteiger partial charge in [-0.05, 0) is 29.8 Å². The number of carbonyl (C=O) groups excluding carboxylic acids is 2. The van der Waals surface area contributed by atoms with Gasteiger partial charge >= 0.3 is 12.2 Å². The summed E-state index contributed by atoms with van der Waals surface area (Å²) in [7, 11) is 2.14. The average molecular weight is 484 g/mol. The van der Waals surface area contributed by atoms with E-state index in [0.717, 1.165) is 11.9 Å². The van der Waals surface area contributed by atoms with Gasteiger partial charge in [0.05, 0.1) is 6.04 Å². The van der Waals surface area contributed by atoms with Crippen molar-refractivity contribution in [2.24, 2.45) is 5.92 Å². The van der Waals surface area contributed by atoms with E-state index < -0.39 is 35.7 Å². The minimum atomic E-state index is -5.32. The maximum atomic E-state index is 14.4. The van der Waals surface area contributed by atoms with Crippen LogP contribution in [0.5, 0.6) is 11.5 Å². The number of hydrogen-bond acceptors (Lipinski definition) is 4. The highest BCUT2D eigenvalue weighted by Crippen LogP contribution is 2.50. The number of amides is 2. The van der Waals surface area contributed by atoms with E-state index in [1.165, 1.54) is 43.4 Å². The summed E-state index contributed by atoms with van der Waals surface area (Å²) in [5.74, 6) is -2.23. The fraction of sp³-hybridized carbons (Fsp3) is 0.231. The summed E-state index contributed by atoms with van der Waals surface area (Å²) in [6.45, 7) is 0. The first-order valence-corrected chi connectivity index (χ1v) is 10.8. The number of nitrogens with zero attached hydrogens (tertiary/aromatic N) is 2. The fourth-order valence-corrected chi connectivity index (χ4v) is 4.43. The summed E-state index contributed by atoms with van der Waals surface area (Å²) in [6, 6.07) is 19.8. The standard InChI is InChI=1S/C26H23F3N2O4/c1-30-22(18-12-9-15-20(16-18)35-19-13-7-4-8-14-19)21(23(32)17-10-5-3-6-11-17)25(34,26(27,28)29)31(2)24(30)33/h3-16,21-22,34H,1-2H3. The molecule has 0 bridgehead atoms. The van der Waals surface area contributed by atoms with Crippen LogP contribution in [0.4, 0.5) is 18.0 Å². The predicted octanol–water partition coefficient (Wildman–Crippen LogP) is 5.27. The molecule has 6 nitrogen and oxygen atoms in total. The lowest BCUT2D eigenvalue weighted by Gasteiger charge is -2.53. The van der Waals surface area contributed by atoms with E-state index in [4.69, 9.17) is 4.74 Å². The van der Waals surface area contributed by atoms with Crippen LogP contribution in [0.25, 0.3) is 0 Å². The number of aliphatic hydroxyl groups is 1. The maximum absolute atomic E-state index is 14.4. The Balaban J connectivity index is 1.86. The number of urea groups is 1. The van der Waals surface area contributed by atoms with E-state index in [-0.39, 0.29) is 16.0 Å². The number of para-hydroxylation sites is 1. The zero-order valence-corrected chi connectivity index (χ0v) is 18.9. The van der Waals surface area contributed by atoms with Crippen LogP contribution in [0, 0.1) is 5.92 Å². The summed E-state index contributed by atoms with van der Waals surface area (Å²) >= 11 is 0. The van der Waals surface area contributed by atoms with Gasteiger partial charge in [0.15, 0.2) is 5.78 Å². The van der Waals surface area contributed by atoms with Gasteiger partial charge in [-0.25, -0.2) is 4.79 Å². The zero-order valence-electron chi connectivity index (χ0n) is 18.9. The SMILES string of the molecule is CN1C(=O)N(C)C(O)(C(F)(F)F)C(C(=O)c2ccccc2)C1c1cccc(Oc2ccccc2)c1. The van der Waals surface area contributed by atoms with E-state index in [0.29, 0.717) is 11.5 Å². The number of ketones is 1. The van der Waals surface area contributed by atoms with Crippen LogP contribution < -0.4 is 4.74 Å². The minimum absolute atomic E-state index is 0.0157. The lowest BCUT2D eigenvalue weighted by molar-refractivity contribution is -0.328. The Bertz CT molecular complexity index is 1220. The van der Waals surface area contributed by atoms with Crippen LogP contribution in [0.1, 0.15) is 22.0 Å². The molecule has 35 heavy (non-hydrogen) atoms. The molecule has 0 saturated carbocycles. The molecule has 9 heteroatoms. The minimum Gasteiger partial charge on any atom is -0.457 e. The molecule has 1 aliphatic heterocycles. The Kier molecular flexibility index (Phi) is 6.29. The van der Waals surface area contributed by atoms with Crippen molar-refractivity contribution in [2.75, 3.05) is 14.1 Å². The molecule has 1 saturated heterocycles. The van der Waals surface area contributed by atoms with Crippen LogP contribution in [-0.2, 0) is 0 Å². The normalized spacial score (nSPS) is 22.7. The third-order valence-corrected chi connectivity index (χ3v) is 6.20. The van der Waals surface area contributed by atoms with E-state index in [2.05, 4.69) is 0 Å². The summed E-state index contributed by atoms with van der Waals surface area (Å²) in [5.41, 5.74) is -3.55. The number of hydrogen-bond donors (Lipinski definition) is 1. The highest BCUT2D eigenvalue weighted by molar-refractivity contribution is 6.00.